The number of carbonyl (C=O) groups is 3. The van der Waals surface area contributed by atoms with Gasteiger partial charge in [0, 0.05) is 16.7 Å². The zero-order valence-electron chi connectivity index (χ0n) is 17.3. The Bertz CT molecular complexity index is 1110. The second-order valence-electron chi connectivity index (χ2n) is 6.93. The quantitative estimate of drug-likeness (QED) is 0.336. The van der Waals surface area contributed by atoms with Crippen molar-refractivity contribution in [1.82, 2.24) is 0 Å². The number of Topliss-reactive ketones (excluding diaryl/α,β-unsaturated/α-hetero) is 3. The van der Waals surface area contributed by atoms with Gasteiger partial charge < -0.3 is 5.11 Å². The number of carbonyl (C=O) groups excluding carboxylic acids is 3. The summed E-state index contributed by atoms with van der Waals surface area (Å²) < 4.78 is 0. The molecule has 4 aromatic rings. The van der Waals surface area contributed by atoms with Gasteiger partial charge >= 0.3 is 0 Å². The van der Waals surface area contributed by atoms with E-state index in [0.29, 0.717) is 22.3 Å². The molecule has 0 radical (unpaired) electrons. The fourth-order valence-corrected chi connectivity index (χ4v) is 2.99. The maximum atomic E-state index is 11.9. The van der Waals surface area contributed by atoms with Crippen LogP contribution in [-0.2, 0) is 0 Å². The summed E-state index contributed by atoms with van der Waals surface area (Å²) in [6.45, 7) is 0. The molecule has 4 nitrogen and oxygen atoms in total. The minimum Gasteiger partial charge on any atom is -0.380 e. The molecule has 0 saturated heterocycles. The lowest BCUT2D eigenvalue weighted by molar-refractivity contribution is 0.0747. The third-order valence-corrected chi connectivity index (χ3v) is 4.70. The molecular weight excluding hydrogens is 400 g/mol. The molecule has 0 spiro atoms. The first-order chi connectivity index (χ1) is 15.6. The number of ketones is 3. The summed E-state index contributed by atoms with van der Waals surface area (Å²) in [4.78, 5) is 35.5. The fraction of sp³-hybridized carbons (Fsp3) is 0.0357. The number of hydrogen-bond donors (Lipinski definition) is 1. The van der Waals surface area contributed by atoms with Crippen molar-refractivity contribution in [2.24, 2.45) is 0 Å². The number of benzene rings is 4. The van der Waals surface area contributed by atoms with Gasteiger partial charge in [-0.3, -0.25) is 14.4 Å². The molecule has 0 aliphatic rings. The monoisotopic (exact) mass is 422 g/mol. The van der Waals surface area contributed by atoms with Crippen LogP contribution in [0, 0.1) is 0 Å². The van der Waals surface area contributed by atoms with Gasteiger partial charge in [-0.25, -0.2) is 0 Å². The van der Waals surface area contributed by atoms with Crippen LogP contribution in [0.2, 0.25) is 0 Å². The molecule has 1 unspecified atom stereocenters. The smallest absolute Gasteiger partial charge is 0.233 e. The average Bonchev–Trinajstić information content (AvgIpc) is 2.89. The molecule has 0 heterocycles. The van der Waals surface area contributed by atoms with E-state index in [1.807, 2.05) is 24.3 Å². The van der Waals surface area contributed by atoms with E-state index >= 15 is 0 Å². The van der Waals surface area contributed by atoms with Crippen molar-refractivity contribution >= 4 is 17.3 Å². The van der Waals surface area contributed by atoms with Crippen LogP contribution in [0.25, 0.3) is 0 Å². The molecule has 32 heavy (non-hydrogen) atoms. The molecule has 4 aromatic carbocycles. The minimum absolute atomic E-state index is 0.271. The van der Waals surface area contributed by atoms with E-state index in [0.717, 1.165) is 0 Å². The Morgan fingerprint density at radius 2 is 0.781 bits per heavy atom. The van der Waals surface area contributed by atoms with E-state index < -0.39 is 17.7 Å². The van der Waals surface area contributed by atoms with E-state index in [2.05, 4.69) is 0 Å². The van der Waals surface area contributed by atoms with E-state index in [9.17, 15) is 19.5 Å². The van der Waals surface area contributed by atoms with E-state index in [1.165, 1.54) is 0 Å². The second kappa shape index (κ2) is 11.3. The molecule has 1 N–H and O–H groups in total. The van der Waals surface area contributed by atoms with Gasteiger partial charge in [0.05, 0.1) is 0 Å². The summed E-state index contributed by atoms with van der Waals surface area (Å²) in [6, 6.07) is 34.9. The maximum Gasteiger partial charge on any atom is 0.233 e. The van der Waals surface area contributed by atoms with Gasteiger partial charge in [-0.05, 0) is 5.56 Å². The predicted octanol–water partition coefficient (Wildman–Crippen LogP) is 5.36. The van der Waals surface area contributed by atoms with Gasteiger partial charge in [-0.1, -0.05) is 121 Å². The van der Waals surface area contributed by atoms with Crippen LogP contribution in [0.4, 0.5) is 0 Å². The normalized spacial score (nSPS) is 10.9. The molecule has 0 aromatic heterocycles. The first-order valence-corrected chi connectivity index (χ1v) is 10.1. The highest BCUT2D eigenvalue weighted by Gasteiger charge is 2.18. The Labute approximate surface area is 186 Å². The minimum atomic E-state index is -1.08. The zero-order valence-corrected chi connectivity index (χ0v) is 17.3. The van der Waals surface area contributed by atoms with Crippen LogP contribution in [0.1, 0.15) is 42.7 Å². The summed E-state index contributed by atoms with van der Waals surface area (Å²) in [6.07, 6.45) is -1.08. The largest absolute Gasteiger partial charge is 0.380 e. The molecule has 0 saturated carbocycles. The first kappa shape index (κ1) is 22.5. The van der Waals surface area contributed by atoms with Crippen LogP contribution in [0.15, 0.2) is 121 Å². The third kappa shape index (κ3) is 5.94. The van der Waals surface area contributed by atoms with Crippen molar-refractivity contribution in [1.29, 1.82) is 0 Å². The lowest BCUT2D eigenvalue weighted by atomic mass is 10.0. The SMILES string of the molecule is O=C(C(=O)c1ccccc1)c1ccccc1.O=C(c1ccccc1)C(O)c1ccccc1. The summed E-state index contributed by atoms with van der Waals surface area (Å²) in [5.41, 5.74) is 2.00. The van der Waals surface area contributed by atoms with Crippen LogP contribution in [-0.4, -0.2) is 22.5 Å². The average molecular weight is 422 g/mol. The highest BCUT2D eigenvalue weighted by molar-refractivity contribution is 6.49. The lowest BCUT2D eigenvalue weighted by Gasteiger charge is -2.09. The van der Waals surface area contributed by atoms with Crippen molar-refractivity contribution < 1.29 is 19.5 Å². The Morgan fingerprint density at radius 1 is 0.469 bits per heavy atom. The zero-order chi connectivity index (χ0) is 22.8. The molecule has 4 heteroatoms. The van der Waals surface area contributed by atoms with Crippen molar-refractivity contribution in [3.63, 3.8) is 0 Å². The van der Waals surface area contributed by atoms with E-state index in [4.69, 9.17) is 0 Å². The Morgan fingerprint density at radius 3 is 1.16 bits per heavy atom. The molecule has 1 atom stereocenters. The Hall–Kier alpha value is -4.15. The molecule has 0 aliphatic heterocycles. The highest BCUT2D eigenvalue weighted by atomic mass is 16.3. The summed E-state index contributed by atoms with van der Waals surface area (Å²) in [5, 5.41) is 9.89. The molecular formula is C28H22O4. The molecule has 0 bridgehead atoms. The second-order valence-corrected chi connectivity index (χ2v) is 6.93. The van der Waals surface area contributed by atoms with Crippen molar-refractivity contribution in [3.8, 4) is 0 Å². The fourth-order valence-electron chi connectivity index (χ4n) is 2.99. The highest BCUT2D eigenvalue weighted by Crippen LogP contribution is 2.17. The van der Waals surface area contributed by atoms with Crippen LogP contribution in [0.5, 0.6) is 0 Å². The predicted molar refractivity (Wildman–Crippen MR) is 124 cm³/mol. The lowest BCUT2D eigenvalue weighted by Crippen LogP contribution is -2.14. The van der Waals surface area contributed by atoms with Gasteiger partial charge in [0.25, 0.3) is 0 Å². The standard InChI is InChI=1S/C14H12O2.C14H10O2/c2*15-13(11-7-3-1-4-8-11)14(16)12-9-5-2-6-10-12/h1-10,13,15H;1-10H. The molecule has 0 fully saturated rings. The molecule has 0 amide bonds. The first-order valence-electron chi connectivity index (χ1n) is 10.1. The number of rotatable bonds is 6. The molecule has 158 valence electrons. The van der Waals surface area contributed by atoms with Gasteiger partial charge in [-0.2, -0.15) is 0 Å². The summed E-state index contributed by atoms with van der Waals surface area (Å²) in [5.74, 6) is -1.20. The van der Waals surface area contributed by atoms with Gasteiger partial charge in [0.15, 0.2) is 5.78 Å². The number of hydrogen-bond acceptors (Lipinski definition) is 4. The Kier molecular flexibility index (Phi) is 7.96. The van der Waals surface area contributed by atoms with Crippen LogP contribution in [0.3, 0.4) is 0 Å². The van der Waals surface area contributed by atoms with Crippen molar-refractivity contribution in [2.45, 2.75) is 6.10 Å². The van der Waals surface area contributed by atoms with E-state index in [1.54, 1.807) is 97.1 Å². The van der Waals surface area contributed by atoms with E-state index in [-0.39, 0.29) is 5.78 Å². The van der Waals surface area contributed by atoms with Gasteiger partial charge in [-0.15, -0.1) is 0 Å². The van der Waals surface area contributed by atoms with Crippen molar-refractivity contribution in [2.75, 3.05) is 0 Å². The number of aliphatic hydroxyl groups is 1. The maximum absolute atomic E-state index is 11.9. The number of aliphatic hydroxyl groups excluding tert-OH is 1. The van der Waals surface area contributed by atoms with Crippen molar-refractivity contribution in [3.05, 3.63) is 144 Å². The Balaban J connectivity index is 0.000000181. The van der Waals surface area contributed by atoms with Gasteiger partial charge in [0.2, 0.25) is 11.6 Å². The molecule has 4 rings (SSSR count). The van der Waals surface area contributed by atoms with Gasteiger partial charge in [0.1, 0.15) is 6.10 Å². The third-order valence-electron chi connectivity index (χ3n) is 4.70. The molecule has 0 aliphatic carbocycles. The topological polar surface area (TPSA) is 71.4 Å². The van der Waals surface area contributed by atoms with Crippen LogP contribution >= 0.6 is 0 Å². The summed E-state index contributed by atoms with van der Waals surface area (Å²) in [7, 11) is 0. The summed E-state index contributed by atoms with van der Waals surface area (Å²) >= 11 is 0. The van der Waals surface area contributed by atoms with Crippen LogP contribution < -0.4 is 0 Å².